The molecule has 0 saturated carbocycles. The summed E-state index contributed by atoms with van der Waals surface area (Å²) >= 11 is 0. The van der Waals surface area contributed by atoms with Crippen LogP contribution in [-0.2, 0) is 25.6 Å². The molecule has 2 amide bonds. The smallest absolute Gasteiger partial charge is 0.407 e. The first kappa shape index (κ1) is 27.2. The lowest BCUT2D eigenvalue weighted by molar-refractivity contribution is 0.0472. The Bertz CT molecular complexity index is 1120. The van der Waals surface area contributed by atoms with Crippen molar-refractivity contribution in [2.75, 3.05) is 46.1 Å². The van der Waals surface area contributed by atoms with Gasteiger partial charge in [-0.1, -0.05) is 78.9 Å². The van der Waals surface area contributed by atoms with Crippen LogP contribution in [0.2, 0.25) is 0 Å². The monoisotopic (exact) mass is 518 g/mol. The van der Waals surface area contributed by atoms with Gasteiger partial charge in [0.25, 0.3) is 0 Å². The van der Waals surface area contributed by atoms with Crippen molar-refractivity contribution in [1.29, 1.82) is 0 Å². The van der Waals surface area contributed by atoms with Crippen molar-refractivity contribution in [2.24, 2.45) is 0 Å². The number of carbonyl (C=O) groups excluding carboxylic acids is 2. The third-order valence-corrected chi connectivity index (χ3v) is 6.18. The van der Waals surface area contributed by atoms with E-state index in [4.69, 9.17) is 18.9 Å². The Balaban J connectivity index is 0.981. The van der Waals surface area contributed by atoms with Crippen molar-refractivity contribution in [3.05, 3.63) is 95.6 Å². The van der Waals surface area contributed by atoms with Gasteiger partial charge in [0.2, 0.25) is 0 Å². The summed E-state index contributed by atoms with van der Waals surface area (Å²) in [5, 5.41) is 5.42. The van der Waals surface area contributed by atoms with Crippen molar-refractivity contribution in [3.8, 4) is 11.1 Å². The molecule has 0 bridgehead atoms. The third-order valence-electron chi connectivity index (χ3n) is 6.18. The molecule has 0 atom stereocenters. The molecule has 0 fully saturated rings. The molecule has 38 heavy (non-hydrogen) atoms. The molecule has 0 radical (unpaired) electrons. The molecule has 4 rings (SSSR count). The minimum absolute atomic E-state index is 0.0478. The van der Waals surface area contributed by atoms with E-state index in [0.717, 1.165) is 5.56 Å². The molecular formula is C30H34N2O6. The van der Waals surface area contributed by atoms with E-state index in [1.165, 1.54) is 22.3 Å². The Labute approximate surface area is 223 Å². The molecule has 0 aromatic heterocycles. The number of alkyl carbamates (subject to hydrolysis) is 2. The topological polar surface area (TPSA) is 95.1 Å². The zero-order valence-corrected chi connectivity index (χ0v) is 21.4. The van der Waals surface area contributed by atoms with Gasteiger partial charge in [-0.15, -0.1) is 0 Å². The summed E-state index contributed by atoms with van der Waals surface area (Å²) in [6, 6.07) is 26.0. The van der Waals surface area contributed by atoms with Gasteiger partial charge in [-0.05, 0) is 34.2 Å². The number of fused-ring (bicyclic) bond motifs is 3. The van der Waals surface area contributed by atoms with Gasteiger partial charge >= 0.3 is 12.2 Å². The molecule has 2 N–H and O–H groups in total. The number of carbonyl (C=O) groups is 2. The van der Waals surface area contributed by atoms with Gasteiger partial charge in [0.15, 0.2) is 0 Å². The lowest BCUT2D eigenvalue weighted by Crippen LogP contribution is -2.28. The van der Waals surface area contributed by atoms with Crippen molar-refractivity contribution < 1.29 is 28.5 Å². The molecule has 8 heteroatoms. The van der Waals surface area contributed by atoms with Crippen LogP contribution in [0.5, 0.6) is 0 Å². The summed E-state index contributed by atoms with van der Waals surface area (Å²) in [5.74, 6) is 0.0478. The van der Waals surface area contributed by atoms with E-state index in [9.17, 15) is 9.59 Å². The summed E-state index contributed by atoms with van der Waals surface area (Å²) < 4.78 is 21.6. The number of ether oxygens (including phenoxy) is 4. The van der Waals surface area contributed by atoms with Crippen molar-refractivity contribution in [1.82, 2.24) is 10.6 Å². The molecule has 3 aromatic carbocycles. The van der Waals surface area contributed by atoms with Crippen LogP contribution in [0.4, 0.5) is 9.59 Å². The molecule has 0 aliphatic heterocycles. The zero-order chi connectivity index (χ0) is 26.4. The number of rotatable bonds is 14. The van der Waals surface area contributed by atoms with Crippen molar-refractivity contribution in [3.63, 3.8) is 0 Å². The van der Waals surface area contributed by atoms with Crippen molar-refractivity contribution in [2.45, 2.75) is 18.9 Å². The van der Waals surface area contributed by atoms with E-state index in [-0.39, 0.29) is 12.5 Å². The van der Waals surface area contributed by atoms with Crippen LogP contribution in [0.15, 0.2) is 78.9 Å². The molecule has 200 valence electrons. The highest BCUT2D eigenvalue weighted by Crippen LogP contribution is 2.44. The Morgan fingerprint density at radius 2 is 1.21 bits per heavy atom. The maximum atomic E-state index is 12.2. The number of benzene rings is 3. The third kappa shape index (κ3) is 8.06. The van der Waals surface area contributed by atoms with Crippen LogP contribution < -0.4 is 10.6 Å². The average Bonchev–Trinajstić information content (AvgIpc) is 3.28. The fourth-order valence-electron chi connectivity index (χ4n) is 4.34. The predicted octanol–water partition coefficient (Wildman–Crippen LogP) is 4.87. The Morgan fingerprint density at radius 1 is 0.632 bits per heavy atom. The summed E-state index contributed by atoms with van der Waals surface area (Å²) in [4.78, 5) is 23.8. The SMILES string of the molecule is O=C(NCCOCCOCCCNC(=O)OCC1c2ccccc2-c2ccccc21)OCc1ccccc1. The van der Waals surface area contributed by atoms with Gasteiger partial charge in [-0.3, -0.25) is 0 Å². The molecule has 1 aliphatic carbocycles. The van der Waals surface area contributed by atoms with Gasteiger partial charge in [0.1, 0.15) is 13.2 Å². The lowest BCUT2D eigenvalue weighted by atomic mass is 9.98. The first-order valence-corrected chi connectivity index (χ1v) is 12.9. The average molecular weight is 519 g/mol. The highest BCUT2D eigenvalue weighted by atomic mass is 16.6. The molecule has 0 spiro atoms. The molecule has 3 aromatic rings. The van der Waals surface area contributed by atoms with Crippen LogP contribution in [-0.4, -0.2) is 58.3 Å². The molecule has 0 heterocycles. The van der Waals surface area contributed by atoms with E-state index in [2.05, 4.69) is 34.9 Å². The van der Waals surface area contributed by atoms with Gasteiger partial charge in [0.05, 0.1) is 19.8 Å². The van der Waals surface area contributed by atoms with Gasteiger partial charge in [-0.25, -0.2) is 9.59 Å². The Kier molecular flexibility index (Phi) is 10.5. The van der Waals surface area contributed by atoms with E-state index in [1.807, 2.05) is 54.6 Å². The van der Waals surface area contributed by atoms with Crippen LogP contribution in [0, 0.1) is 0 Å². The molecule has 0 saturated heterocycles. The van der Waals surface area contributed by atoms with E-state index in [1.54, 1.807) is 0 Å². The molecular weight excluding hydrogens is 484 g/mol. The maximum absolute atomic E-state index is 12.2. The summed E-state index contributed by atoms with van der Waals surface area (Å²) in [5.41, 5.74) is 5.72. The van der Waals surface area contributed by atoms with Gasteiger partial charge in [-0.2, -0.15) is 0 Å². The highest BCUT2D eigenvalue weighted by molar-refractivity contribution is 5.79. The normalized spacial score (nSPS) is 11.9. The predicted molar refractivity (Wildman–Crippen MR) is 144 cm³/mol. The minimum Gasteiger partial charge on any atom is -0.449 e. The maximum Gasteiger partial charge on any atom is 0.407 e. The number of hydrogen-bond donors (Lipinski definition) is 2. The second kappa shape index (κ2) is 14.8. The first-order valence-electron chi connectivity index (χ1n) is 12.9. The molecule has 0 unspecified atom stereocenters. The molecule has 8 nitrogen and oxygen atoms in total. The lowest BCUT2D eigenvalue weighted by Gasteiger charge is -2.14. The quantitative estimate of drug-likeness (QED) is 0.296. The second-order valence-corrected chi connectivity index (χ2v) is 8.82. The molecule has 1 aliphatic rings. The summed E-state index contributed by atoms with van der Waals surface area (Å²) in [7, 11) is 0. The summed E-state index contributed by atoms with van der Waals surface area (Å²) in [6.45, 7) is 3.07. The standard InChI is InChI=1S/C30H34N2O6/c33-29(38-22-28-26-13-6-4-11-24(26)25-12-5-7-14-27(25)28)31-15-8-17-35-19-20-36-18-16-32-30(34)37-21-23-9-2-1-3-10-23/h1-7,9-14,28H,8,15-22H2,(H,31,33)(H,32,34). The summed E-state index contributed by atoms with van der Waals surface area (Å²) in [6.07, 6.45) is -0.235. The van der Waals surface area contributed by atoms with E-state index >= 15 is 0 Å². The van der Waals surface area contributed by atoms with Crippen LogP contribution in [0.25, 0.3) is 11.1 Å². The minimum atomic E-state index is -0.474. The van der Waals surface area contributed by atoms with Crippen molar-refractivity contribution >= 4 is 12.2 Å². The highest BCUT2D eigenvalue weighted by Gasteiger charge is 2.28. The number of nitrogens with one attached hydrogen (secondary N) is 2. The first-order chi connectivity index (χ1) is 18.7. The number of hydrogen-bond acceptors (Lipinski definition) is 6. The fourth-order valence-corrected chi connectivity index (χ4v) is 4.34. The fraction of sp³-hybridized carbons (Fsp3) is 0.333. The van der Waals surface area contributed by atoms with Crippen LogP contribution >= 0.6 is 0 Å². The number of amides is 2. The Morgan fingerprint density at radius 3 is 1.92 bits per heavy atom. The van der Waals surface area contributed by atoms with Crippen LogP contribution in [0.1, 0.15) is 29.0 Å². The largest absolute Gasteiger partial charge is 0.449 e. The van der Waals surface area contributed by atoms with E-state index in [0.29, 0.717) is 52.5 Å². The Hall–Kier alpha value is -3.88. The van der Waals surface area contributed by atoms with E-state index < -0.39 is 12.2 Å². The zero-order valence-electron chi connectivity index (χ0n) is 21.4. The van der Waals surface area contributed by atoms with Gasteiger partial charge < -0.3 is 29.6 Å². The van der Waals surface area contributed by atoms with Crippen LogP contribution in [0.3, 0.4) is 0 Å². The van der Waals surface area contributed by atoms with Gasteiger partial charge in [0, 0.05) is 25.6 Å². The second-order valence-electron chi connectivity index (χ2n) is 8.82.